The number of para-hydroxylation sites is 2. The van der Waals surface area contributed by atoms with Crippen LogP contribution in [-0.4, -0.2) is 0 Å². The molecule has 306 valence electrons. The highest BCUT2D eigenvalue weighted by Crippen LogP contribution is 2.41. The van der Waals surface area contributed by atoms with E-state index < -0.39 is 0 Å². The van der Waals surface area contributed by atoms with E-state index in [1.54, 1.807) is 0 Å². The summed E-state index contributed by atoms with van der Waals surface area (Å²) in [5.41, 5.74) is 14.6. The number of hydrogen-bond donors (Lipinski definition) is 0. The summed E-state index contributed by atoms with van der Waals surface area (Å²) in [6, 6.07) is 79.1. The minimum atomic E-state index is 0.249. The molecule has 9 aromatic rings. The Morgan fingerprint density at radius 2 is 0.719 bits per heavy atom. The second-order valence-electron chi connectivity index (χ2n) is 16.8. The third-order valence-corrected chi connectivity index (χ3v) is 13.0. The minimum Gasteiger partial charge on any atom is -0.311 e. The van der Waals surface area contributed by atoms with Crippen molar-refractivity contribution >= 4 is 44.3 Å². The van der Waals surface area contributed by atoms with E-state index in [0.717, 1.165) is 35.6 Å². The zero-order valence-corrected chi connectivity index (χ0v) is 35.7. The molecule has 0 bridgehead atoms. The molecule has 2 heteroatoms. The lowest BCUT2D eigenvalue weighted by molar-refractivity contribution is 0.842. The first-order valence-electron chi connectivity index (χ1n) is 22.5. The van der Waals surface area contributed by atoms with Crippen LogP contribution in [0.4, 0.5) is 22.7 Å². The second kappa shape index (κ2) is 17.4. The van der Waals surface area contributed by atoms with E-state index in [4.69, 9.17) is 0 Å². The van der Waals surface area contributed by atoms with Gasteiger partial charge in [0.05, 0.1) is 0 Å². The maximum Gasteiger partial charge on any atom is 0.0461 e. The molecule has 0 N–H and O–H groups in total. The van der Waals surface area contributed by atoms with Gasteiger partial charge in [-0.25, -0.2) is 0 Å². The first-order chi connectivity index (χ1) is 31.7. The molecule has 11 rings (SSSR count). The molecule has 0 amide bonds. The van der Waals surface area contributed by atoms with Crippen LogP contribution >= 0.6 is 0 Å². The third-order valence-electron chi connectivity index (χ3n) is 13.0. The molecule has 0 aromatic heterocycles. The van der Waals surface area contributed by atoms with Gasteiger partial charge in [0.15, 0.2) is 0 Å². The standard InChI is InChI=1S/C62H48N2/c1-3-19-51(20-4-1)63(55-41-33-49(34-42-55)61-27-13-17-45-15-7-9-23-57(45)61)53-37-29-47(30-38-53)59-25-11-12-26-60(59)48-31-39-54(40-32-48)64(52-21-5-2-6-22-52)56-43-35-50(36-44-56)62-28-14-18-46-16-8-10-24-58(46)62/h1-31,33,35-44,48-49H,32,34H2. The highest BCUT2D eigenvalue weighted by molar-refractivity contribution is 5.97. The molecule has 0 fully saturated rings. The van der Waals surface area contributed by atoms with Crippen LogP contribution in [0.15, 0.2) is 266 Å². The molecule has 0 radical (unpaired) electrons. The SMILES string of the molecule is C1=CC(c2cccc3ccccc23)CC=C1N(c1ccccc1)c1ccc(-c2ccccc2C2C=CC(N(c3ccccc3)c3ccc(-c4cccc5ccccc45)cc3)=CC2)cc1. The third kappa shape index (κ3) is 7.65. The van der Waals surface area contributed by atoms with Crippen molar-refractivity contribution in [3.8, 4) is 22.3 Å². The van der Waals surface area contributed by atoms with Gasteiger partial charge in [-0.3, -0.25) is 0 Å². The van der Waals surface area contributed by atoms with Crippen LogP contribution in [0.2, 0.25) is 0 Å². The van der Waals surface area contributed by atoms with E-state index in [1.165, 1.54) is 66.3 Å². The molecule has 2 unspecified atom stereocenters. The first-order valence-corrected chi connectivity index (χ1v) is 22.5. The van der Waals surface area contributed by atoms with E-state index in [-0.39, 0.29) is 5.92 Å². The lowest BCUT2D eigenvalue weighted by Crippen LogP contribution is -2.17. The molecular weight excluding hydrogens is 773 g/mol. The van der Waals surface area contributed by atoms with Crippen molar-refractivity contribution in [2.75, 3.05) is 9.80 Å². The maximum atomic E-state index is 2.41. The van der Waals surface area contributed by atoms with Crippen molar-refractivity contribution in [3.05, 3.63) is 277 Å². The number of nitrogens with zero attached hydrogens (tertiary/aromatic N) is 2. The molecule has 2 aliphatic rings. The van der Waals surface area contributed by atoms with Crippen LogP contribution in [0.3, 0.4) is 0 Å². The minimum absolute atomic E-state index is 0.249. The van der Waals surface area contributed by atoms with Crippen LogP contribution in [0.5, 0.6) is 0 Å². The van der Waals surface area contributed by atoms with E-state index in [9.17, 15) is 0 Å². The summed E-state index contributed by atoms with van der Waals surface area (Å²) in [4.78, 5) is 4.76. The van der Waals surface area contributed by atoms with Gasteiger partial charge in [0.2, 0.25) is 0 Å². The van der Waals surface area contributed by atoms with Crippen LogP contribution in [-0.2, 0) is 0 Å². The highest BCUT2D eigenvalue weighted by Gasteiger charge is 2.22. The van der Waals surface area contributed by atoms with Gasteiger partial charge in [-0.05, 0) is 128 Å². The summed E-state index contributed by atoms with van der Waals surface area (Å²) < 4.78 is 0. The second-order valence-corrected chi connectivity index (χ2v) is 16.8. The molecule has 64 heavy (non-hydrogen) atoms. The Morgan fingerprint density at radius 3 is 1.30 bits per heavy atom. The predicted molar refractivity (Wildman–Crippen MR) is 272 cm³/mol. The molecule has 9 aromatic carbocycles. The van der Waals surface area contributed by atoms with Crippen molar-refractivity contribution < 1.29 is 0 Å². The van der Waals surface area contributed by atoms with Gasteiger partial charge < -0.3 is 9.80 Å². The highest BCUT2D eigenvalue weighted by atomic mass is 15.2. The molecule has 0 aliphatic heterocycles. The van der Waals surface area contributed by atoms with Gasteiger partial charge in [0, 0.05) is 46.0 Å². The van der Waals surface area contributed by atoms with Gasteiger partial charge in [0.1, 0.15) is 0 Å². The van der Waals surface area contributed by atoms with Crippen molar-refractivity contribution in [2.24, 2.45) is 0 Å². The molecule has 0 saturated carbocycles. The van der Waals surface area contributed by atoms with Crippen molar-refractivity contribution in [1.82, 2.24) is 0 Å². The quantitative estimate of drug-likeness (QED) is 0.136. The van der Waals surface area contributed by atoms with Crippen LogP contribution in [0.25, 0.3) is 43.8 Å². The van der Waals surface area contributed by atoms with Crippen LogP contribution in [0, 0.1) is 0 Å². The Bertz CT molecular complexity index is 3200. The summed E-state index contributed by atoms with van der Waals surface area (Å²) in [6.07, 6.45) is 16.1. The number of anilines is 4. The molecule has 0 spiro atoms. The molecule has 2 aliphatic carbocycles. The Morgan fingerprint density at radius 1 is 0.312 bits per heavy atom. The van der Waals surface area contributed by atoms with Gasteiger partial charge in [-0.2, -0.15) is 0 Å². The van der Waals surface area contributed by atoms with Gasteiger partial charge in [-0.1, -0.05) is 194 Å². The molecule has 2 nitrogen and oxygen atoms in total. The molecule has 2 atom stereocenters. The number of fused-ring (bicyclic) bond motifs is 2. The smallest absolute Gasteiger partial charge is 0.0461 e. The van der Waals surface area contributed by atoms with E-state index in [0.29, 0.717) is 5.92 Å². The summed E-state index contributed by atoms with van der Waals surface area (Å²) in [5.74, 6) is 0.583. The van der Waals surface area contributed by atoms with E-state index in [2.05, 4.69) is 265 Å². The average Bonchev–Trinajstić information content (AvgIpc) is 3.38. The van der Waals surface area contributed by atoms with Gasteiger partial charge in [0.25, 0.3) is 0 Å². The fourth-order valence-corrected chi connectivity index (χ4v) is 9.77. The fourth-order valence-electron chi connectivity index (χ4n) is 9.77. The lowest BCUT2D eigenvalue weighted by atomic mass is 9.86. The van der Waals surface area contributed by atoms with E-state index in [1.807, 2.05) is 0 Å². The largest absolute Gasteiger partial charge is 0.311 e. The number of rotatable bonds is 10. The van der Waals surface area contributed by atoms with Crippen molar-refractivity contribution in [3.63, 3.8) is 0 Å². The number of hydrogen-bond acceptors (Lipinski definition) is 2. The van der Waals surface area contributed by atoms with Crippen molar-refractivity contribution in [2.45, 2.75) is 24.7 Å². The zero-order valence-electron chi connectivity index (χ0n) is 35.7. The Labute approximate surface area is 376 Å². The lowest BCUT2D eigenvalue weighted by Gasteiger charge is -2.30. The first kappa shape index (κ1) is 38.9. The monoisotopic (exact) mass is 820 g/mol. The fraction of sp³-hybridized carbons (Fsp3) is 0.0645. The predicted octanol–water partition coefficient (Wildman–Crippen LogP) is 16.9. The molecule has 0 heterocycles. The van der Waals surface area contributed by atoms with Crippen LogP contribution in [0.1, 0.15) is 35.8 Å². The summed E-state index contributed by atoms with van der Waals surface area (Å²) >= 11 is 0. The zero-order chi connectivity index (χ0) is 42.7. The number of benzene rings is 9. The van der Waals surface area contributed by atoms with E-state index >= 15 is 0 Å². The Kier molecular flexibility index (Phi) is 10.6. The summed E-state index contributed by atoms with van der Waals surface area (Å²) in [5, 5.41) is 5.15. The summed E-state index contributed by atoms with van der Waals surface area (Å²) in [6.45, 7) is 0. The van der Waals surface area contributed by atoms with Crippen molar-refractivity contribution in [1.29, 1.82) is 0 Å². The normalized spacial score (nSPS) is 15.8. The van der Waals surface area contributed by atoms with Gasteiger partial charge >= 0.3 is 0 Å². The molecule has 0 saturated heterocycles. The number of allylic oxidation sites excluding steroid dienone is 6. The molecular formula is C62H48N2. The Balaban J connectivity index is 0.851. The van der Waals surface area contributed by atoms with Gasteiger partial charge in [-0.15, -0.1) is 0 Å². The van der Waals surface area contributed by atoms with Crippen LogP contribution < -0.4 is 9.80 Å². The Hall–Kier alpha value is -7.94. The summed E-state index contributed by atoms with van der Waals surface area (Å²) in [7, 11) is 0. The average molecular weight is 821 g/mol. The topological polar surface area (TPSA) is 6.48 Å². The maximum absolute atomic E-state index is 2.41.